The maximum Gasteiger partial charge on any atom is 0.0516 e. The molecule has 0 bridgehead atoms. The first-order valence-electron chi connectivity index (χ1n) is 6.47. The predicted octanol–water partition coefficient (Wildman–Crippen LogP) is 4.45. The highest BCUT2D eigenvalue weighted by Gasteiger charge is 2.47. The second-order valence-electron chi connectivity index (χ2n) is 7.45. The third-order valence-corrected chi connectivity index (χ3v) is 5.10. The van der Waals surface area contributed by atoms with E-state index in [1.807, 2.05) is 11.3 Å². The van der Waals surface area contributed by atoms with E-state index in [1.165, 1.54) is 16.9 Å². The molecule has 0 atom stereocenters. The molecule has 17 heavy (non-hydrogen) atoms. The topological polar surface area (TPSA) is 26.0 Å². The number of aryl methyl sites for hydroxylation is 1. The lowest BCUT2D eigenvalue weighted by Crippen LogP contribution is -2.49. The maximum atomic E-state index is 6.79. The Morgan fingerprint density at radius 3 is 2.00 bits per heavy atom. The van der Waals surface area contributed by atoms with Crippen LogP contribution in [0.5, 0.6) is 0 Å². The summed E-state index contributed by atoms with van der Waals surface area (Å²) in [5.41, 5.74) is 8.71. The van der Waals surface area contributed by atoms with Crippen molar-refractivity contribution in [1.82, 2.24) is 0 Å². The van der Waals surface area contributed by atoms with E-state index in [-0.39, 0.29) is 5.54 Å². The average molecular weight is 251 g/mol. The minimum absolute atomic E-state index is 0.122. The second-order valence-corrected chi connectivity index (χ2v) is 8.36. The largest absolute Gasteiger partial charge is 0.321 e. The van der Waals surface area contributed by atoms with E-state index in [0.29, 0.717) is 10.8 Å². The van der Waals surface area contributed by atoms with Crippen LogP contribution in [0.25, 0.3) is 0 Å². The standard InChI is InChI=1S/C15H25NS/c1-11-6-7-17-12(11)15(16)9-13(2,3)8-14(4,5)10-15/h6-7H,8-10,16H2,1-5H3. The lowest BCUT2D eigenvalue weighted by molar-refractivity contribution is 0.0485. The first-order valence-corrected chi connectivity index (χ1v) is 7.35. The van der Waals surface area contributed by atoms with Crippen LogP contribution in [0.4, 0.5) is 0 Å². The van der Waals surface area contributed by atoms with Crippen LogP contribution in [0, 0.1) is 17.8 Å². The lowest BCUT2D eigenvalue weighted by atomic mass is 9.58. The molecular weight excluding hydrogens is 226 g/mol. The molecule has 0 unspecified atom stereocenters. The van der Waals surface area contributed by atoms with E-state index in [2.05, 4.69) is 46.1 Å². The van der Waals surface area contributed by atoms with Crippen LogP contribution in [-0.4, -0.2) is 0 Å². The van der Waals surface area contributed by atoms with Gasteiger partial charge in [0.1, 0.15) is 0 Å². The molecule has 2 N–H and O–H groups in total. The van der Waals surface area contributed by atoms with E-state index < -0.39 is 0 Å². The minimum Gasteiger partial charge on any atom is -0.321 e. The molecule has 1 aromatic rings. The monoisotopic (exact) mass is 251 g/mol. The number of rotatable bonds is 1. The highest BCUT2D eigenvalue weighted by molar-refractivity contribution is 7.10. The molecule has 0 radical (unpaired) electrons. The van der Waals surface area contributed by atoms with Crippen molar-refractivity contribution in [3.8, 4) is 0 Å². The third kappa shape index (κ3) is 2.58. The molecule has 1 nitrogen and oxygen atoms in total. The molecule has 2 rings (SSSR count). The third-order valence-electron chi connectivity index (χ3n) is 3.86. The number of hydrogen-bond acceptors (Lipinski definition) is 2. The van der Waals surface area contributed by atoms with Crippen molar-refractivity contribution in [2.45, 2.75) is 59.4 Å². The molecule has 1 aliphatic rings. The highest BCUT2D eigenvalue weighted by atomic mass is 32.1. The molecule has 1 aliphatic carbocycles. The molecule has 0 amide bonds. The summed E-state index contributed by atoms with van der Waals surface area (Å²) in [7, 11) is 0. The molecule has 2 heteroatoms. The summed E-state index contributed by atoms with van der Waals surface area (Å²) in [5.74, 6) is 0. The van der Waals surface area contributed by atoms with Gasteiger partial charge in [-0.2, -0.15) is 0 Å². The molecule has 1 aromatic heterocycles. The number of thiophene rings is 1. The lowest BCUT2D eigenvalue weighted by Gasteiger charge is -2.50. The van der Waals surface area contributed by atoms with E-state index >= 15 is 0 Å². The van der Waals surface area contributed by atoms with E-state index in [0.717, 1.165) is 12.8 Å². The van der Waals surface area contributed by atoms with Gasteiger partial charge in [0.15, 0.2) is 0 Å². The number of hydrogen-bond donors (Lipinski definition) is 1. The Bertz CT molecular complexity index is 398. The van der Waals surface area contributed by atoms with Crippen molar-refractivity contribution in [3.63, 3.8) is 0 Å². The summed E-state index contributed by atoms with van der Waals surface area (Å²) in [5, 5.41) is 2.17. The van der Waals surface area contributed by atoms with E-state index in [9.17, 15) is 0 Å². The van der Waals surface area contributed by atoms with Gasteiger partial charge in [-0.25, -0.2) is 0 Å². The summed E-state index contributed by atoms with van der Waals surface area (Å²) in [6.45, 7) is 11.6. The predicted molar refractivity (Wildman–Crippen MR) is 76.3 cm³/mol. The zero-order valence-corrected chi connectivity index (χ0v) is 12.6. The quantitative estimate of drug-likeness (QED) is 0.784. The van der Waals surface area contributed by atoms with Gasteiger partial charge in [0.05, 0.1) is 5.54 Å². The Morgan fingerprint density at radius 1 is 1.06 bits per heavy atom. The van der Waals surface area contributed by atoms with Crippen molar-refractivity contribution >= 4 is 11.3 Å². The molecule has 1 heterocycles. The van der Waals surface area contributed by atoms with Crippen molar-refractivity contribution in [2.75, 3.05) is 0 Å². The van der Waals surface area contributed by atoms with Gasteiger partial charge in [-0.3, -0.25) is 0 Å². The van der Waals surface area contributed by atoms with E-state index in [1.54, 1.807) is 0 Å². The Morgan fingerprint density at radius 2 is 1.59 bits per heavy atom. The smallest absolute Gasteiger partial charge is 0.0516 e. The van der Waals surface area contributed by atoms with Crippen LogP contribution < -0.4 is 5.73 Å². The molecule has 0 saturated heterocycles. The Balaban J connectivity index is 2.41. The van der Waals surface area contributed by atoms with Gasteiger partial charge >= 0.3 is 0 Å². The summed E-state index contributed by atoms with van der Waals surface area (Å²) < 4.78 is 0. The van der Waals surface area contributed by atoms with Crippen LogP contribution >= 0.6 is 11.3 Å². The molecule has 96 valence electrons. The van der Waals surface area contributed by atoms with Gasteiger partial charge in [-0.05, 0) is 54.0 Å². The van der Waals surface area contributed by atoms with Crippen molar-refractivity contribution in [2.24, 2.45) is 16.6 Å². The minimum atomic E-state index is -0.122. The fourth-order valence-electron chi connectivity index (χ4n) is 4.23. The van der Waals surface area contributed by atoms with Gasteiger partial charge < -0.3 is 5.73 Å². The van der Waals surface area contributed by atoms with E-state index in [4.69, 9.17) is 5.73 Å². The van der Waals surface area contributed by atoms with Gasteiger partial charge in [0.2, 0.25) is 0 Å². The molecule has 0 aliphatic heterocycles. The average Bonchev–Trinajstić information content (AvgIpc) is 2.44. The fraction of sp³-hybridized carbons (Fsp3) is 0.733. The van der Waals surface area contributed by atoms with Crippen LogP contribution in [0.2, 0.25) is 0 Å². The molecule has 1 saturated carbocycles. The molecule has 0 spiro atoms. The van der Waals surface area contributed by atoms with Crippen LogP contribution in [0.1, 0.15) is 57.4 Å². The fourth-order valence-corrected chi connectivity index (χ4v) is 5.28. The Hall–Kier alpha value is -0.340. The van der Waals surface area contributed by atoms with Crippen molar-refractivity contribution in [1.29, 1.82) is 0 Å². The Labute approximate surface area is 109 Å². The van der Waals surface area contributed by atoms with Crippen LogP contribution in [0.15, 0.2) is 11.4 Å². The summed E-state index contributed by atoms with van der Waals surface area (Å²) >= 11 is 1.83. The SMILES string of the molecule is Cc1ccsc1C1(N)CC(C)(C)CC(C)(C)C1. The summed E-state index contributed by atoms with van der Waals surface area (Å²) in [6.07, 6.45) is 3.47. The second kappa shape index (κ2) is 3.83. The zero-order chi connectivity index (χ0) is 12.9. The van der Waals surface area contributed by atoms with Gasteiger partial charge in [-0.1, -0.05) is 27.7 Å². The molecule has 0 aromatic carbocycles. The van der Waals surface area contributed by atoms with Crippen LogP contribution in [0.3, 0.4) is 0 Å². The van der Waals surface area contributed by atoms with Gasteiger partial charge in [0, 0.05) is 4.88 Å². The van der Waals surface area contributed by atoms with Crippen molar-refractivity contribution in [3.05, 3.63) is 21.9 Å². The van der Waals surface area contributed by atoms with Crippen molar-refractivity contribution < 1.29 is 0 Å². The molecular formula is C15H25NS. The normalized spacial score (nSPS) is 25.8. The van der Waals surface area contributed by atoms with Gasteiger partial charge in [0.25, 0.3) is 0 Å². The van der Waals surface area contributed by atoms with Crippen LogP contribution in [-0.2, 0) is 5.54 Å². The highest BCUT2D eigenvalue weighted by Crippen LogP contribution is 2.53. The number of nitrogens with two attached hydrogens (primary N) is 1. The Kier molecular flexibility index (Phi) is 2.95. The first kappa shape index (κ1) is 13.1. The zero-order valence-electron chi connectivity index (χ0n) is 11.8. The summed E-state index contributed by atoms with van der Waals surface area (Å²) in [4.78, 5) is 1.40. The first-order chi connectivity index (χ1) is 7.64. The summed E-state index contributed by atoms with van der Waals surface area (Å²) in [6, 6.07) is 2.20. The maximum absolute atomic E-state index is 6.79. The van der Waals surface area contributed by atoms with Gasteiger partial charge in [-0.15, -0.1) is 11.3 Å². The molecule has 1 fully saturated rings.